The van der Waals surface area contributed by atoms with Crippen LogP contribution in [-0.4, -0.2) is 25.5 Å². The molecule has 0 atom stereocenters. The summed E-state index contributed by atoms with van der Waals surface area (Å²) in [7, 11) is 1.61. The number of aryl methyl sites for hydroxylation is 2. The van der Waals surface area contributed by atoms with Gasteiger partial charge in [-0.25, -0.2) is 0 Å². The quantitative estimate of drug-likeness (QED) is 0.776. The summed E-state index contributed by atoms with van der Waals surface area (Å²) in [4.78, 5) is 24.0. The van der Waals surface area contributed by atoms with Gasteiger partial charge in [0, 0.05) is 12.1 Å². The molecular formula is C20H24N2O3. The molecular weight excluding hydrogens is 316 g/mol. The number of carbonyl (C=O) groups is 2. The first-order valence-electron chi connectivity index (χ1n) is 8.40. The fourth-order valence-electron chi connectivity index (χ4n) is 2.57. The topological polar surface area (TPSA) is 67.4 Å². The number of benzene rings is 2. The molecule has 0 aliphatic heterocycles. The van der Waals surface area contributed by atoms with Gasteiger partial charge in [-0.05, 0) is 36.1 Å². The molecule has 0 radical (unpaired) electrons. The average molecular weight is 340 g/mol. The Kier molecular flexibility index (Phi) is 7.01. The van der Waals surface area contributed by atoms with Gasteiger partial charge >= 0.3 is 0 Å². The Balaban J connectivity index is 1.78. The first-order chi connectivity index (χ1) is 12.1. The van der Waals surface area contributed by atoms with E-state index in [4.69, 9.17) is 4.74 Å². The predicted molar refractivity (Wildman–Crippen MR) is 98.8 cm³/mol. The Morgan fingerprint density at radius 1 is 0.960 bits per heavy atom. The van der Waals surface area contributed by atoms with Gasteiger partial charge in [-0.15, -0.1) is 0 Å². The molecule has 0 spiro atoms. The number of methoxy groups -OCH3 is 1. The van der Waals surface area contributed by atoms with Crippen LogP contribution in [-0.2, 0) is 22.4 Å². The Labute approximate surface area is 148 Å². The number of anilines is 1. The van der Waals surface area contributed by atoms with Crippen LogP contribution in [0.4, 0.5) is 5.69 Å². The summed E-state index contributed by atoms with van der Waals surface area (Å²) in [6.07, 6.45) is 1.71. The van der Waals surface area contributed by atoms with Gasteiger partial charge < -0.3 is 15.4 Å². The molecule has 25 heavy (non-hydrogen) atoms. The van der Waals surface area contributed by atoms with E-state index in [1.54, 1.807) is 7.11 Å². The monoisotopic (exact) mass is 340 g/mol. The zero-order valence-electron chi connectivity index (χ0n) is 14.7. The minimum atomic E-state index is -0.230. The highest BCUT2D eigenvalue weighted by molar-refractivity contribution is 5.95. The molecule has 0 aliphatic rings. The molecule has 2 rings (SSSR count). The van der Waals surface area contributed by atoms with E-state index < -0.39 is 0 Å². The van der Waals surface area contributed by atoms with Crippen molar-refractivity contribution in [1.29, 1.82) is 0 Å². The van der Waals surface area contributed by atoms with Gasteiger partial charge in [0.05, 0.1) is 13.7 Å². The van der Waals surface area contributed by atoms with Gasteiger partial charge in [-0.1, -0.05) is 43.3 Å². The summed E-state index contributed by atoms with van der Waals surface area (Å²) in [5.74, 6) is 0.376. The van der Waals surface area contributed by atoms with Crippen molar-refractivity contribution in [2.45, 2.75) is 26.2 Å². The number of para-hydroxylation sites is 2. The molecule has 0 heterocycles. The van der Waals surface area contributed by atoms with Gasteiger partial charge in [-0.3, -0.25) is 9.59 Å². The molecule has 0 unspecified atom stereocenters. The van der Waals surface area contributed by atoms with Crippen LogP contribution < -0.4 is 15.4 Å². The maximum absolute atomic E-state index is 12.0. The summed E-state index contributed by atoms with van der Waals surface area (Å²) < 4.78 is 5.27. The first-order valence-corrected chi connectivity index (χ1v) is 8.40. The smallest absolute Gasteiger partial charge is 0.243 e. The average Bonchev–Trinajstić information content (AvgIpc) is 2.65. The molecule has 132 valence electrons. The van der Waals surface area contributed by atoms with Crippen molar-refractivity contribution >= 4 is 17.5 Å². The molecule has 0 fully saturated rings. The highest BCUT2D eigenvalue weighted by Gasteiger charge is 2.09. The zero-order chi connectivity index (χ0) is 18.1. The van der Waals surface area contributed by atoms with Gasteiger partial charge in [-0.2, -0.15) is 0 Å². The minimum absolute atomic E-state index is 0.0389. The Morgan fingerprint density at radius 3 is 2.36 bits per heavy atom. The third-order valence-corrected chi connectivity index (χ3v) is 3.93. The van der Waals surface area contributed by atoms with Crippen LogP contribution in [0.2, 0.25) is 0 Å². The van der Waals surface area contributed by atoms with Crippen LogP contribution in [0.25, 0.3) is 0 Å². The lowest BCUT2D eigenvalue weighted by Gasteiger charge is -2.11. The SMILES string of the molecule is CCc1ccccc1NC(=O)CNC(=O)CCc1ccccc1OC. The second-order valence-electron chi connectivity index (χ2n) is 5.65. The molecule has 2 aromatic rings. The van der Waals surface area contributed by atoms with Gasteiger partial charge in [0.25, 0.3) is 0 Å². The van der Waals surface area contributed by atoms with E-state index in [0.717, 1.165) is 29.0 Å². The van der Waals surface area contributed by atoms with Crippen molar-refractivity contribution < 1.29 is 14.3 Å². The molecule has 0 bridgehead atoms. The standard InChI is InChI=1S/C20H24N2O3/c1-3-15-8-4-6-10-17(15)22-20(24)14-21-19(23)13-12-16-9-5-7-11-18(16)25-2/h4-11H,3,12-14H2,1-2H3,(H,21,23)(H,22,24). The van der Waals surface area contributed by atoms with E-state index in [1.807, 2.05) is 55.5 Å². The highest BCUT2D eigenvalue weighted by atomic mass is 16.5. The van der Waals surface area contributed by atoms with Gasteiger partial charge in [0.1, 0.15) is 5.75 Å². The fourth-order valence-corrected chi connectivity index (χ4v) is 2.57. The summed E-state index contributed by atoms with van der Waals surface area (Å²) in [6.45, 7) is 1.99. The predicted octanol–water partition coefficient (Wildman–Crippen LogP) is 2.95. The summed E-state index contributed by atoms with van der Waals surface area (Å²) in [5, 5.41) is 5.49. The normalized spacial score (nSPS) is 10.2. The molecule has 2 N–H and O–H groups in total. The van der Waals surface area contributed by atoms with E-state index in [0.29, 0.717) is 12.8 Å². The van der Waals surface area contributed by atoms with Crippen LogP contribution in [0.5, 0.6) is 5.75 Å². The third kappa shape index (κ3) is 5.64. The van der Waals surface area contributed by atoms with Crippen molar-refractivity contribution in [3.8, 4) is 5.75 Å². The van der Waals surface area contributed by atoms with Crippen LogP contribution in [0, 0.1) is 0 Å². The van der Waals surface area contributed by atoms with E-state index in [-0.39, 0.29) is 18.4 Å². The number of hydrogen-bond donors (Lipinski definition) is 2. The summed E-state index contributed by atoms with van der Waals surface area (Å²) >= 11 is 0. The van der Waals surface area contributed by atoms with E-state index >= 15 is 0 Å². The minimum Gasteiger partial charge on any atom is -0.496 e. The lowest BCUT2D eigenvalue weighted by Crippen LogP contribution is -2.33. The van der Waals surface area contributed by atoms with Crippen molar-refractivity contribution in [2.75, 3.05) is 19.0 Å². The second-order valence-corrected chi connectivity index (χ2v) is 5.65. The van der Waals surface area contributed by atoms with Crippen LogP contribution in [0.15, 0.2) is 48.5 Å². The summed E-state index contributed by atoms with van der Waals surface area (Å²) in [5.41, 5.74) is 2.83. The largest absolute Gasteiger partial charge is 0.496 e. The first kappa shape index (κ1) is 18.5. The van der Waals surface area contributed by atoms with E-state index in [2.05, 4.69) is 10.6 Å². The number of hydrogen-bond acceptors (Lipinski definition) is 3. The van der Waals surface area contributed by atoms with Crippen molar-refractivity contribution in [3.63, 3.8) is 0 Å². The summed E-state index contributed by atoms with van der Waals surface area (Å²) in [6, 6.07) is 15.2. The second kappa shape index (κ2) is 9.47. The van der Waals surface area contributed by atoms with Gasteiger partial charge in [0.2, 0.25) is 11.8 Å². The van der Waals surface area contributed by atoms with Gasteiger partial charge in [0.15, 0.2) is 0 Å². The van der Waals surface area contributed by atoms with E-state index in [1.165, 1.54) is 0 Å². The third-order valence-electron chi connectivity index (χ3n) is 3.93. The molecule has 2 amide bonds. The number of carbonyl (C=O) groups excluding carboxylic acids is 2. The zero-order valence-corrected chi connectivity index (χ0v) is 14.7. The lowest BCUT2D eigenvalue weighted by atomic mass is 10.1. The maximum Gasteiger partial charge on any atom is 0.243 e. The van der Waals surface area contributed by atoms with E-state index in [9.17, 15) is 9.59 Å². The number of ether oxygens (including phenoxy) is 1. The number of nitrogens with one attached hydrogen (secondary N) is 2. The lowest BCUT2D eigenvalue weighted by molar-refractivity contribution is -0.124. The highest BCUT2D eigenvalue weighted by Crippen LogP contribution is 2.18. The Bertz CT molecular complexity index is 728. The Hall–Kier alpha value is -2.82. The number of amides is 2. The van der Waals surface area contributed by atoms with Crippen molar-refractivity contribution in [1.82, 2.24) is 5.32 Å². The number of rotatable bonds is 8. The molecule has 5 nitrogen and oxygen atoms in total. The van der Waals surface area contributed by atoms with Crippen molar-refractivity contribution in [3.05, 3.63) is 59.7 Å². The molecule has 0 saturated carbocycles. The van der Waals surface area contributed by atoms with Crippen LogP contribution in [0.1, 0.15) is 24.5 Å². The molecule has 5 heteroatoms. The molecule has 0 aromatic heterocycles. The maximum atomic E-state index is 12.0. The fraction of sp³-hybridized carbons (Fsp3) is 0.300. The molecule has 0 saturated heterocycles. The molecule has 2 aromatic carbocycles. The van der Waals surface area contributed by atoms with Crippen molar-refractivity contribution in [2.24, 2.45) is 0 Å². The molecule has 0 aliphatic carbocycles. The van der Waals surface area contributed by atoms with Crippen LogP contribution >= 0.6 is 0 Å². The Morgan fingerprint density at radius 2 is 1.64 bits per heavy atom. The van der Waals surface area contributed by atoms with Crippen LogP contribution in [0.3, 0.4) is 0 Å².